The molecule has 4 heterocycles. The van der Waals surface area contributed by atoms with Gasteiger partial charge in [-0.05, 0) is 69.1 Å². The van der Waals surface area contributed by atoms with Gasteiger partial charge in [0.15, 0.2) is 0 Å². The Kier molecular flexibility index (Phi) is 5.86. The highest BCUT2D eigenvalue weighted by molar-refractivity contribution is 6.31. The summed E-state index contributed by atoms with van der Waals surface area (Å²) < 4.78 is 4.77. The Balaban J connectivity index is 1.19. The average molecular weight is 711 g/mol. The lowest BCUT2D eigenvalue weighted by Gasteiger charge is -2.16. The van der Waals surface area contributed by atoms with Gasteiger partial charge in [-0.15, -0.1) is 0 Å². The number of nitrogens with zero attached hydrogens (tertiary/aromatic N) is 4. The molecule has 13 aromatic rings. The van der Waals surface area contributed by atoms with Crippen LogP contribution in [-0.4, -0.2) is 18.9 Å². The first-order chi connectivity index (χ1) is 27.8. The van der Waals surface area contributed by atoms with Crippen molar-refractivity contribution in [3.63, 3.8) is 0 Å². The fourth-order valence-electron chi connectivity index (χ4n) is 9.66. The molecule has 0 spiro atoms. The van der Waals surface area contributed by atoms with Crippen LogP contribution in [0.2, 0.25) is 0 Å². The maximum atomic E-state index is 5.59. The number of rotatable bonds is 3. The second-order valence-corrected chi connectivity index (χ2v) is 14.9. The fraction of sp³-hybridized carbons (Fsp3) is 0. The van der Waals surface area contributed by atoms with Crippen molar-refractivity contribution in [1.82, 2.24) is 18.9 Å². The Morgan fingerprint density at radius 3 is 1.86 bits per heavy atom. The molecule has 4 heteroatoms. The van der Waals surface area contributed by atoms with Crippen LogP contribution >= 0.6 is 0 Å². The van der Waals surface area contributed by atoms with Crippen LogP contribution in [0.15, 0.2) is 182 Å². The van der Waals surface area contributed by atoms with E-state index >= 15 is 0 Å². The van der Waals surface area contributed by atoms with E-state index in [1.807, 2.05) is 0 Å². The van der Waals surface area contributed by atoms with Crippen molar-refractivity contribution in [3.8, 4) is 28.3 Å². The molecule has 0 atom stereocenters. The largest absolute Gasteiger partial charge is 0.308 e. The van der Waals surface area contributed by atoms with E-state index in [2.05, 4.69) is 191 Å². The minimum Gasteiger partial charge on any atom is -0.308 e. The van der Waals surface area contributed by atoms with Gasteiger partial charge in [-0.2, -0.15) is 0 Å². The van der Waals surface area contributed by atoms with Crippen LogP contribution in [-0.2, 0) is 0 Å². The zero-order chi connectivity index (χ0) is 36.5. The second kappa shape index (κ2) is 11.0. The summed E-state index contributed by atoms with van der Waals surface area (Å²) in [5.41, 5.74) is 11.0. The first-order valence-corrected chi connectivity index (χ1v) is 19.2. The van der Waals surface area contributed by atoms with E-state index in [1.165, 1.54) is 76.2 Å². The van der Waals surface area contributed by atoms with Crippen LogP contribution in [0.25, 0.3) is 121 Å². The minimum atomic E-state index is 0.658. The lowest BCUT2D eigenvalue weighted by Crippen LogP contribution is -2.04. The molecule has 13 rings (SSSR count). The van der Waals surface area contributed by atoms with E-state index in [9.17, 15) is 0 Å². The van der Waals surface area contributed by atoms with Crippen LogP contribution in [0.5, 0.6) is 0 Å². The van der Waals surface area contributed by atoms with Gasteiger partial charge in [0.2, 0.25) is 5.95 Å². The first kappa shape index (κ1) is 29.8. The molecule has 0 saturated heterocycles. The predicted octanol–water partition coefficient (Wildman–Crippen LogP) is 13.5. The van der Waals surface area contributed by atoms with Crippen molar-refractivity contribution in [2.45, 2.75) is 0 Å². The molecule has 0 fully saturated rings. The van der Waals surface area contributed by atoms with Crippen molar-refractivity contribution in [3.05, 3.63) is 182 Å². The van der Waals surface area contributed by atoms with Crippen LogP contribution in [0, 0.1) is 0 Å². The third-order valence-corrected chi connectivity index (χ3v) is 12.0. The van der Waals surface area contributed by atoms with Crippen LogP contribution in [0.4, 0.5) is 0 Å². The Bertz CT molecular complexity index is 3760. The topological polar surface area (TPSA) is 35.1 Å². The van der Waals surface area contributed by atoms with Gasteiger partial charge in [-0.1, -0.05) is 146 Å². The molecular weight excluding hydrogens is 681 g/mol. The predicted molar refractivity (Wildman–Crippen MR) is 234 cm³/mol. The lowest BCUT2D eigenvalue weighted by molar-refractivity contribution is 1.02. The van der Waals surface area contributed by atoms with Crippen molar-refractivity contribution in [2.75, 3.05) is 0 Å². The number of hydrogen-bond donors (Lipinski definition) is 0. The van der Waals surface area contributed by atoms with Gasteiger partial charge in [0, 0.05) is 43.3 Å². The summed E-state index contributed by atoms with van der Waals surface area (Å²) in [5, 5.41) is 13.2. The van der Waals surface area contributed by atoms with E-state index < -0.39 is 0 Å². The molecule has 0 aliphatic rings. The van der Waals surface area contributed by atoms with E-state index in [-0.39, 0.29) is 0 Å². The molecule has 0 aliphatic carbocycles. The standard InChI is InChI=1S/C52H30N4/c1-2-14-32(15-3-1)49-42-30-41(34-28-27-31-13-4-5-16-33(31)29-34)35-17-6-7-19-38(35)50(42)54-52(53-49)56-44-24-11-20-37-40-22-10-21-39-36-18-8-9-23-43(36)55(51(39)40)45-25-12-26-46(56)48(45)47(37)44/h1-30H. The van der Waals surface area contributed by atoms with Gasteiger partial charge >= 0.3 is 0 Å². The molecule has 0 N–H and O–H groups in total. The molecule has 56 heavy (non-hydrogen) atoms. The highest BCUT2D eigenvalue weighted by Crippen LogP contribution is 2.45. The Morgan fingerprint density at radius 1 is 0.357 bits per heavy atom. The Hall–Kier alpha value is -7.56. The zero-order valence-electron chi connectivity index (χ0n) is 30.1. The minimum absolute atomic E-state index is 0.658. The maximum absolute atomic E-state index is 5.59. The van der Waals surface area contributed by atoms with Gasteiger partial charge in [0.05, 0.1) is 38.8 Å². The van der Waals surface area contributed by atoms with Gasteiger partial charge < -0.3 is 4.40 Å². The number of para-hydroxylation sites is 2. The maximum Gasteiger partial charge on any atom is 0.235 e. The third-order valence-electron chi connectivity index (χ3n) is 12.0. The molecule has 0 bridgehead atoms. The highest BCUT2D eigenvalue weighted by atomic mass is 15.2. The third kappa shape index (κ3) is 3.92. The van der Waals surface area contributed by atoms with E-state index in [0.29, 0.717) is 5.95 Å². The molecule has 0 radical (unpaired) electrons. The normalized spacial score (nSPS) is 12.3. The number of fused-ring (bicyclic) bond motifs is 9. The van der Waals surface area contributed by atoms with Gasteiger partial charge in [-0.3, -0.25) is 4.57 Å². The average Bonchev–Trinajstić information content (AvgIpc) is 3.75. The summed E-state index contributed by atoms with van der Waals surface area (Å²) >= 11 is 0. The number of aromatic nitrogens is 4. The Morgan fingerprint density at radius 2 is 0.982 bits per heavy atom. The van der Waals surface area contributed by atoms with Gasteiger partial charge in [0.1, 0.15) is 0 Å². The van der Waals surface area contributed by atoms with E-state index in [0.717, 1.165) is 38.6 Å². The lowest BCUT2D eigenvalue weighted by atomic mass is 9.92. The van der Waals surface area contributed by atoms with Gasteiger partial charge in [-0.25, -0.2) is 9.97 Å². The van der Waals surface area contributed by atoms with Crippen LogP contribution < -0.4 is 0 Å². The fourth-order valence-corrected chi connectivity index (χ4v) is 9.66. The summed E-state index contributed by atoms with van der Waals surface area (Å²) in [6.45, 7) is 0. The quantitative estimate of drug-likeness (QED) is 0.171. The highest BCUT2D eigenvalue weighted by Gasteiger charge is 2.24. The van der Waals surface area contributed by atoms with Crippen molar-refractivity contribution >= 4 is 92.3 Å². The van der Waals surface area contributed by atoms with Crippen molar-refractivity contribution in [1.29, 1.82) is 0 Å². The molecule has 4 aromatic heterocycles. The summed E-state index contributed by atoms with van der Waals surface area (Å²) in [7, 11) is 0. The number of hydrogen-bond acceptors (Lipinski definition) is 2. The molecule has 4 nitrogen and oxygen atoms in total. The van der Waals surface area contributed by atoms with Crippen molar-refractivity contribution in [2.24, 2.45) is 0 Å². The van der Waals surface area contributed by atoms with Gasteiger partial charge in [0.25, 0.3) is 0 Å². The second-order valence-electron chi connectivity index (χ2n) is 14.9. The Labute approximate surface area is 320 Å². The first-order valence-electron chi connectivity index (χ1n) is 19.2. The molecule has 9 aromatic carbocycles. The summed E-state index contributed by atoms with van der Waals surface area (Å²) in [6.07, 6.45) is 0. The number of benzene rings is 9. The SMILES string of the molecule is c1ccc(-c2nc(-n3c4cccc5c6cccc7c8ccccc8n(c8cccc3c8c54)c67)nc3c2cc(-c2ccc4ccccc4c2)c2ccccc23)cc1. The summed E-state index contributed by atoms with van der Waals surface area (Å²) in [4.78, 5) is 11.2. The van der Waals surface area contributed by atoms with Crippen LogP contribution in [0.1, 0.15) is 0 Å². The van der Waals surface area contributed by atoms with E-state index in [4.69, 9.17) is 9.97 Å². The van der Waals surface area contributed by atoms with Crippen molar-refractivity contribution < 1.29 is 0 Å². The molecule has 258 valence electrons. The monoisotopic (exact) mass is 710 g/mol. The molecule has 0 amide bonds. The van der Waals surface area contributed by atoms with Crippen LogP contribution in [0.3, 0.4) is 0 Å². The molecule has 0 saturated carbocycles. The van der Waals surface area contributed by atoms with E-state index in [1.54, 1.807) is 0 Å². The summed E-state index contributed by atoms with van der Waals surface area (Å²) in [5.74, 6) is 0.658. The molecular formula is C52H30N4. The zero-order valence-corrected chi connectivity index (χ0v) is 30.1. The molecule has 0 aliphatic heterocycles. The molecule has 0 unspecified atom stereocenters. The summed E-state index contributed by atoms with van der Waals surface area (Å²) in [6, 6.07) is 65.9. The smallest absolute Gasteiger partial charge is 0.235 e.